The first kappa shape index (κ1) is 26.8. The zero-order valence-electron chi connectivity index (χ0n) is 21.5. The summed E-state index contributed by atoms with van der Waals surface area (Å²) in [7, 11) is 1.73. The topological polar surface area (TPSA) is 95.0 Å². The fraction of sp³-hybridized carbons (Fsp3) is 0.667. The van der Waals surface area contributed by atoms with Gasteiger partial charge in [0, 0.05) is 43.7 Å². The standard InChI is InChI=1S/C27H40N4O4/c1-5-13-28-27(34)30(4)17-24-19(2)16-31(20(3)18-32)26(33)23-14-22(15-29-25(23)35-24)12-11-21-9-7-6-8-10-21/h14-15,19-21,24,32H,5-10,13,16-18H2,1-4H3,(H,28,34)/t19-,20-,24+/m0/s1. The Bertz CT molecular complexity index is 935. The highest BCUT2D eigenvalue weighted by molar-refractivity contribution is 5.97. The minimum atomic E-state index is -0.376. The maximum absolute atomic E-state index is 13.5. The van der Waals surface area contributed by atoms with E-state index in [0.717, 1.165) is 19.3 Å². The molecule has 2 N–H and O–H groups in total. The molecule has 8 nitrogen and oxygen atoms in total. The van der Waals surface area contributed by atoms with Crippen LogP contribution in [0.4, 0.5) is 4.79 Å². The second-order valence-electron chi connectivity index (χ2n) is 9.92. The quantitative estimate of drug-likeness (QED) is 0.605. The number of fused-ring (bicyclic) bond motifs is 1. The number of likely N-dealkylation sites (N-methyl/N-ethyl adjacent to an activating group) is 1. The van der Waals surface area contributed by atoms with E-state index in [9.17, 15) is 14.7 Å². The van der Waals surface area contributed by atoms with Crippen LogP contribution in [0.3, 0.4) is 0 Å². The number of nitrogens with one attached hydrogen (secondary N) is 1. The maximum atomic E-state index is 13.5. The molecule has 0 radical (unpaired) electrons. The molecule has 0 spiro atoms. The third kappa shape index (κ3) is 7.11. The molecule has 0 unspecified atom stereocenters. The summed E-state index contributed by atoms with van der Waals surface area (Å²) in [4.78, 5) is 33.7. The van der Waals surface area contributed by atoms with E-state index in [1.807, 2.05) is 20.8 Å². The van der Waals surface area contributed by atoms with Crippen molar-refractivity contribution in [1.82, 2.24) is 20.1 Å². The lowest BCUT2D eigenvalue weighted by atomic mass is 9.90. The largest absolute Gasteiger partial charge is 0.472 e. The van der Waals surface area contributed by atoms with E-state index in [1.54, 1.807) is 29.1 Å². The Balaban J connectivity index is 1.89. The fourth-order valence-electron chi connectivity index (χ4n) is 4.54. The van der Waals surface area contributed by atoms with Crippen LogP contribution in [0, 0.1) is 23.7 Å². The monoisotopic (exact) mass is 484 g/mol. The van der Waals surface area contributed by atoms with Gasteiger partial charge in [-0.05, 0) is 32.3 Å². The second kappa shape index (κ2) is 12.8. The number of aliphatic hydroxyl groups excluding tert-OH is 1. The van der Waals surface area contributed by atoms with E-state index in [4.69, 9.17) is 4.74 Å². The third-order valence-electron chi connectivity index (χ3n) is 6.87. The van der Waals surface area contributed by atoms with Crippen LogP contribution in [0.1, 0.15) is 75.2 Å². The molecular weight excluding hydrogens is 444 g/mol. The lowest BCUT2D eigenvalue weighted by Gasteiger charge is -2.37. The van der Waals surface area contributed by atoms with Crippen LogP contribution in [-0.4, -0.2) is 77.3 Å². The van der Waals surface area contributed by atoms with E-state index >= 15 is 0 Å². The van der Waals surface area contributed by atoms with Gasteiger partial charge in [-0.25, -0.2) is 9.78 Å². The van der Waals surface area contributed by atoms with E-state index in [1.165, 1.54) is 19.3 Å². The Kier molecular flexibility index (Phi) is 9.79. The number of ether oxygens (including phenoxy) is 1. The van der Waals surface area contributed by atoms with Crippen molar-refractivity contribution in [2.24, 2.45) is 11.8 Å². The molecule has 1 fully saturated rings. The molecular formula is C27H40N4O4. The number of carbonyl (C=O) groups excluding carboxylic acids is 2. The summed E-state index contributed by atoms with van der Waals surface area (Å²) in [5.74, 6) is 6.89. The number of amides is 3. The number of hydrogen-bond donors (Lipinski definition) is 2. The van der Waals surface area contributed by atoms with Gasteiger partial charge in [0.15, 0.2) is 0 Å². The van der Waals surface area contributed by atoms with Gasteiger partial charge in [-0.2, -0.15) is 0 Å². The number of urea groups is 1. The van der Waals surface area contributed by atoms with Gasteiger partial charge >= 0.3 is 6.03 Å². The van der Waals surface area contributed by atoms with E-state index in [0.29, 0.717) is 36.7 Å². The van der Waals surface area contributed by atoms with Crippen molar-refractivity contribution in [3.8, 4) is 17.7 Å². The van der Waals surface area contributed by atoms with Gasteiger partial charge in [0.25, 0.3) is 5.91 Å². The average Bonchev–Trinajstić information content (AvgIpc) is 2.88. The molecule has 2 heterocycles. The maximum Gasteiger partial charge on any atom is 0.317 e. The number of hydrogen-bond acceptors (Lipinski definition) is 5. The highest BCUT2D eigenvalue weighted by Gasteiger charge is 2.34. The molecule has 35 heavy (non-hydrogen) atoms. The van der Waals surface area contributed by atoms with Gasteiger partial charge < -0.3 is 25.0 Å². The van der Waals surface area contributed by atoms with Crippen molar-refractivity contribution in [2.75, 3.05) is 33.3 Å². The second-order valence-corrected chi connectivity index (χ2v) is 9.92. The molecule has 8 heteroatoms. The van der Waals surface area contributed by atoms with Crippen LogP contribution >= 0.6 is 0 Å². The fourth-order valence-corrected chi connectivity index (χ4v) is 4.54. The average molecular weight is 485 g/mol. The molecule has 1 aliphatic heterocycles. The smallest absolute Gasteiger partial charge is 0.317 e. The highest BCUT2D eigenvalue weighted by atomic mass is 16.5. The van der Waals surface area contributed by atoms with Crippen molar-refractivity contribution in [3.05, 3.63) is 23.4 Å². The number of aromatic nitrogens is 1. The number of pyridine rings is 1. The zero-order chi connectivity index (χ0) is 25.4. The summed E-state index contributed by atoms with van der Waals surface area (Å²) in [5.41, 5.74) is 1.03. The molecule has 0 aromatic carbocycles. The SMILES string of the molecule is CCCNC(=O)N(C)C[C@H]1Oc2ncc(C#CC3CCCCC3)cc2C(=O)N([C@@H](C)CO)C[C@@H]1C. The number of carbonyl (C=O) groups is 2. The molecule has 3 amide bonds. The van der Waals surface area contributed by atoms with Gasteiger partial charge in [0.2, 0.25) is 5.88 Å². The lowest BCUT2D eigenvalue weighted by molar-refractivity contribution is 0.0352. The Morgan fingerprint density at radius 2 is 2.11 bits per heavy atom. The van der Waals surface area contributed by atoms with Crippen LogP contribution in [0.25, 0.3) is 0 Å². The number of aliphatic hydroxyl groups is 1. The Morgan fingerprint density at radius 3 is 2.80 bits per heavy atom. The van der Waals surface area contributed by atoms with Crippen LogP contribution in [0.5, 0.6) is 5.88 Å². The van der Waals surface area contributed by atoms with Crippen molar-refractivity contribution in [1.29, 1.82) is 0 Å². The van der Waals surface area contributed by atoms with Gasteiger partial charge in [0.05, 0.1) is 19.2 Å². The molecule has 192 valence electrons. The van der Waals surface area contributed by atoms with Gasteiger partial charge in [0.1, 0.15) is 11.7 Å². The zero-order valence-corrected chi connectivity index (χ0v) is 21.5. The summed E-state index contributed by atoms with van der Waals surface area (Å²) in [5, 5.41) is 12.7. The molecule has 0 bridgehead atoms. The van der Waals surface area contributed by atoms with Crippen molar-refractivity contribution < 1.29 is 19.4 Å². The van der Waals surface area contributed by atoms with Gasteiger partial charge in [-0.15, -0.1) is 0 Å². The lowest BCUT2D eigenvalue weighted by Crippen LogP contribution is -2.51. The normalized spacial score (nSPS) is 21.5. The molecule has 1 aliphatic carbocycles. The molecule has 3 atom stereocenters. The first-order valence-corrected chi connectivity index (χ1v) is 12.9. The van der Waals surface area contributed by atoms with Crippen LogP contribution in [0.2, 0.25) is 0 Å². The Morgan fingerprint density at radius 1 is 1.37 bits per heavy atom. The number of nitrogens with zero attached hydrogens (tertiary/aromatic N) is 3. The van der Waals surface area contributed by atoms with E-state index in [2.05, 4.69) is 22.1 Å². The summed E-state index contributed by atoms with van der Waals surface area (Å²) >= 11 is 0. The minimum absolute atomic E-state index is 0.0879. The Labute approximate surface area is 209 Å². The van der Waals surface area contributed by atoms with Crippen molar-refractivity contribution in [2.45, 2.75) is 71.4 Å². The molecule has 2 aliphatic rings. The highest BCUT2D eigenvalue weighted by Crippen LogP contribution is 2.28. The van der Waals surface area contributed by atoms with Crippen LogP contribution in [0.15, 0.2) is 12.3 Å². The third-order valence-corrected chi connectivity index (χ3v) is 6.87. The van der Waals surface area contributed by atoms with Crippen LogP contribution in [-0.2, 0) is 0 Å². The van der Waals surface area contributed by atoms with Crippen LogP contribution < -0.4 is 10.1 Å². The first-order chi connectivity index (χ1) is 16.8. The number of rotatable bonds is 6. The van der Waals surface area contributed by atoms with E-state index < -0.39 is 0 Å². The van der Waals surface area contributed by atoms with Gasteiger partial charge in [-0.3, -0.25) is 4.79 Å². The minimum Gasteiger partial charge on any atom is -0.472 e. The molecule has 1 aromatic rings. The summed E-state index contributed by atoms with van der Waals surface area (Å²) in [6.07, 6.45) is 8.08. The predicted molar refractivity (Wildman–Crippen MR) is 135 cm³/mol. The van der Waals surface area contributed by atoms with Crippen molar-refractivity contribution >= 4 is 11.9 Å². The summed E-state index contributed by atoms with van der Waals surface area (Å²) in [6, 6.07) is 1.23. The summed E-state index contributed by atoms with van der Waals surface area (Å²) in [6.45, 7) is 7.02. The van der Waals surface area contributed by atoms with E-state index in [-0.39, 0.29) is 42.5 Å². The molecule has 0 saturated heterocycles. The first-order valence-electron chi connectivity index (χ1n) is 12.9. The molecule has 1 aromatic heterocycles. The molecule has 3 rings (SSSR count). The summed E-state index contributed by atoms with van der Waals surface area (Å²) < 4.78 is 6.27. The predicted octanol–water partition coefficient (Wildman–Crippen LogP) is 3.28. The molecule has 1 saturated carbocycles. The Hall–Kier alpha value is -2.79. The van der Waals surface area contributed by atoms with Gasteiger partial charge in [-0.1, -0.05) is 45.0 Å². The van der Waals surface area contributed by atoms with Crippen molar-refractivity contribution in [3.63, 3.8) is 0 Å².